The van der Waals surface area contributed by atoms with E-state index in [9.17, 15) is 18.0 Å². The summed E-state index contributed by atoms with van der Waals surface area (Å²) in [5, 5.41) is 2.53. The summed E-state index contributed by atoms with van der Waals surface area (Å²) < 4.78 is 35.2. The molecule has 0 aliphatic carbocycles. The van der Waals surface area contributed by atoms with Crippen molar-refractivity contribution in [2.45, 2.75) is 19.0 Å². The van der Waals surface area contributed by atoms with Gasteiger partial charge in [0.05, 0.1) is 0 Å². The third kappa shape index (κ3) is 4.48. The second-order valence-electron chi connectivity index (χ2n) is 2.91. The van der Waals surface area contributed by atoms with Gasteiger partial charge in [0.25, 0.3) is 5.56 Å². The zero-order chi connectivity index (χ0) is 11.3. The van der Waals surface area contributed by atoms with Crippen LogP contribution in [0.3, 0.4) is 0 Å². The summed E-state index contributed by atoms with van der Waals surface area (Å²) in [5.41, 5.74) is -0.440. The van der Waals surface area contributed by atoms with Gasteiger partial charge in [-0.25, -0.2) is 4.98 Å². The molecule has 0 radical (unpaired) electrons. The molecule has 1 aromatic heterocycles. The van der Waals surface area contributed by atoms with Gasteiger partial charge < -0.3 is 10.3 Å². The Morgan fingerprint density at radius 2 is 2.20 bits per heavy atom. The van der Waals surface area contributed by atoms with E-state index in [0.29, 0.717) is 0 Å². The van der Waals surface area contributed by atoms with Gasteiger partial charge in [-0.15, -0.1) is 0 Å². The summed E-state index contributed by atoms with van der Waals surface area (Å²) in [4.78, 5) is 17.0. The third-order valence-electron chi connectivity index (χ3n) is 1.64. The first-order chi connectivity index (χ1) is 6.99. The molecule has 0 fully saturated rings. The van der Waals surface area contributed by atoms with Gasteiger partial charge >= 0.3 is 6.18 Å². The summed E-state index contributed by atoms with van der Waals surface area (Å²) >= 11 is 0. The summed E-state index contributed by atoms with van der Waals surface area (Å²) in [7, 11) is 0. The van der Waals surface area contributed by atoms with Gasteiger partial charge in [0.1, 0.15) is 0 Å². The maximum absolute atomic E-state index is 11.7. The molecular formula is C8H10F3N3O. The molecule has 2 N–H and O–H groups in total. The molecule has 4 nitrogen and oxygen atoms in total. The van der Waals surface area contributed by atoms with Gasteiger partial charge in [0.15, 0.2) is 5.82 Å². The molecule has 0 saturated carbocycles. The van der Waals surface area contributed by atoms with Crippen LogP contribution in [0.2, 0.25) is 0 Å². The Morgan fingerprint density at radius 3 is 2.80 bits per heavy atom. The Morgan fingerprint density at radius 1 is 1.47 bits per heavy atom. The number of anilines is 1. The molecule has 15 heavy (non-hydrogen) atoms. The van der Waals surface area contributed by atoms with Gasteiger partial charge in [-0.1, -0.05) is 0 Å². The Labute approximate surface area is 83.5 Å². The summed E-state index contributed by atoms with van der Waals surface area (Å²) in [5.74, 6) is 0.0414. The van der Waals surface area contributed by atoms with Crippen LogP contribution in [0.15, 0.2) is 17.2 Å². The normalized spacial score (nSPS) is 11.4. The molecule has 0 bridgehead atoms. The van der Waals surface area contributed by atoms with E-state index >= 15 is 0 Å². The molecule has 7 heteroatoms. The van der Waals surface area contributed by atoms with E-state index in [1.807, 2.05) is 0 Å². The number of hydrogen-bond donors (Lipinski definition) is 2. The highest BCUT2D eigenvalue weighted by Gasteiger charge is 2.25. The maximum atomic E-state index is 11.7. The molecule has 84 valence electrons. The number of nitrogens with zero attached hydrogens (tertiary/aromatic N) is 1. The van der Waals surface area contributed by atoms with Crippen molar-refractivity contribution in [3.05, 3.63) is 22.7 Å². The number of rotatable bonds is 4. The highest BCUT2D eigenvalue weighted by atomic mass is 19.4. The average Bonchev–Trinajstić information content (AvgIpc) is 2.13. The number of aromatic nitrogens is 2. The molecule has 0 saturated heterocycles. The highest BCUT2D eigenvalue weighted by Crippen LogP contribution is 2.20. The van der Waals surface area contributed by atoms with E-state index in [-0.39, 0.29) is 18.8 Å². The minimum absolute atomic E-state index is 0.0414. The first-order valence-corrected chi connectivity index (χ1v) is 4.33. The van der Waals surface area contributed by atoms with E-state index in [0.717, 1.165) is 0 Å². The van der Waals surface area contributed by atoms with Crippen molar-refractivity contribution in [3.63, 3.8) is 0 Å². The molecule has 0 aliphatic heterocycles. The van der Waals surface area contributed by atoms with Crippen LogP contribution >= 0.6 is 0 Å². The van der Waals surface area contributed by atoms with Crippen LogP contribution in [0.1, 0.15) is 12.8 Å². The van der Waals surface area contributed by atoms with E-state index in [1.54, 1.807) is 0 Å². The van der Waals surface area contributed by atoms with Crippen molar-refractivity contribution in [1.29, 1.82) is 0 Å². The Hall–Kier alpha value is -1.53. The van der Waals surface area contributed by atoms with Gasteiger partial charge in [0, 0.05) is 25.4 Å². The zero-order valence-electron chi connectivity index (χ0n) is 7.77. The lowest BCUT2D eigenvalue weighted by atomic mass is 10.3. The number of H-pyrrole nitrogens is 1. The number of aromatic amines is 1. The van der Waals surface area contributed by atoms with Crippen molar-refractivity contribution in [3.8, 4) is 0 Å². The Balaban J connectivity index is 2.33. The van der Waals surface area contributed by atoms with E-state index in [4.69, 9.17) is 0 Å². The predicted molar refractivity (Wildman–Crippen MR) is 48.6 cm³/mol. The van der Waals surface area contributed by atoms with Crippen LogP contribution in [-0.2, 0) is 0 Å². The summed E-state index contributed by atoms with van der Waals surface area (Å²) in [6.07, 6.45) is -2.40. The van der Waals surface area contributed by atoms with Crippen LogP contribution in [0.25, 0.3) is 0 Å². The first kappa shape index (κ1) is 11.5. The minimum Gasteiger partial charge on any atom is -0.365 e. The molecule has 0 amide bonds. The van der Waals surface area contributed by atoms with Gasteiger partial charge in [-0.2, -0.15) is 13.2 Å². The quantitative estimate of drug-likeness (QED) is 0.758. The third-order valence-corrected chi connectivity index (χ3v) is 1.64. The van der Waals surface area contributed by atoms with Crippen molar-refractivity contribution in [2.75, 3.05) is 11.9 Å². The standard InChI is InChI=1S/C8H10F3N3O/c9-8(10,11)2-1-3-12-6-7(15)14-5-4-13-6/h4-5H,1-3H2,(H,12,13)(H,14,15). The molecule has 0 spiro atoms. The number of nitrogens with one attached hydrogen (secondary N) is 2. The molecule has 0 unspecified atom stereocenters. The second-order valence-corrected chi connectivity index (χ2v) is 2.91. The molecule has 0 aliphatic rings. The minimum atomic E-state index is -4.15. The lowest BCUT2D eigenvalue weighted by Gasteiger charge is -2.06. The molecule has 0 aromatic carbocycles. The molecule has 1 rings (SSSR count). The van der Waals surface area contributed by atoms with E-state index in [1.165, 1.54) is 12.4 Å². The topological polar surface area (TPSA) is 57.8 Å². The molecule has 1 heterocycles. The second kappa shape index (κ2) is 4.81. The Kier molecular flexibility index (Phi) is 3.70. The fraction of sp³-hybridized carbons (Fsp3) is 0.500. The van der Waals surface area contributed by atoms with Gasteiger partial charge in [-0.3, -0.25) is 4.79 Å². The van der Waals surface area contributed by atoms with Crippen molar-refractivity contribution < 1.29 is 13.2 Å². The van der Waals surface area contributed by atoms with Crippen LogP contribution in [0, 0.1) is 0 Å². The van der Waals surface area contributed by atoms with Crippen molar-refractivity contribution in [1.82, 2.24) is 9.97 Å². The smallest absolute Gasteiger partial charge is 0.365 e. The lowest BCUT2D eigenvalue weighted by Crippen LogP contribution is -2.17. The van der Waals surface area contributed by atoms with E-state index < -0.39 is 18.2 Å². The van der Waals surface area contributed by atoms with Crippen LogP contribution < -0.4 is 10.9 Å². The van der Waals surface area contributed by atoms with Gasteiger partial charge in [-0.05, 0) is 6.42 Å². The molecular weight excluding hydrogens is 211 g/mol. The fourth-order valence-electron chi connectivity index (χ4n) is 0.973. The molecule has 1 aromatic rings. The molecule has 0 atom stereocenters. The van der Waals surface area contributed by atoms with Crippen LogP contribution in [0.4, 0.5) is 19.0 Å². The van der Waals surface area contributed by atoms with Crippen molar-refractivity contribution in [2.24, 2.45) is 0 Å². The van der Waals surface area contributed by atoms with Gasteiger partial charge in [0.2, 0.25) is 0 Å². The summed E-state index contributed by atoms with van der Waals surface area (Å²) in [6, 6.07) is 0. The Bertz CT molecular complexity index is 361. The average molecular weight is 221 g/mol. The maximum Gasteiger partial charge on any atom is 0.389 e. The first-order valence-electron chi connectivity index (χ1n) is 4.33. The van der Waals surface area contributed by atoms with E-state index in [2.05, 4.69) is 15.3 Å². The number of alkyl halides is 3. The lowest BCUT2D eigenvalue weighted by molar-refractivity contribution is -0.134. The largest absolute Gasteiger partial charge is 0.389 e. The monoisotopic (exact) mass is 221 g/mol. The summed E-state index contributed by atoms with van der Waals surface area (Å²) in [6.45, 7) is 0.0691. The number of hydrogen-bond acceptors (Lipinski definition) is 3. The highest BCUT2D eigenvalue weighted by molar-refractivity contribution is 5.29. The van der Waals surface area contributed by atoms with Crippen LogP contribution in [-0.4, -0.2) is 22.7 Å². The zero-order valence-corrected chi connectivity index (χ0v) is 7.77. The SMILES string of the molecule is O=c1[nH]ccnc1NCCCC(F)(F)F. The predicted octanol–water partition coefficient (Wildman–Crippen LogP) is 1.52. The van der Waals surface area contributed by atoms with Crippen molar-refractivity contribution >= 4 is 5.82 Å². The van der Waals surface area contributed by atoms with Crippen LogP contribution in [0.5, 0.6) is 0 Å². The number of halogens is 3. The fourth-order valence-corrected chi connectivity index (χ4v) is 0.973.